The average Bonchev–Trinajstić information content (AvgIpc) is 2.82. The highest BCUT2D eigenvalue weighted by molar-refractivity contribution is 5.66. The van der Waals surface area contributed by atoms with Crippen molar-refractivity contribution in [1.82, 2.24) is 0 Å². The molecular weight excluding hydrogens is 184 g/mol. The molecule has 2 heteroatoms. The average molecular weight is 202 g/mol. The second-order valence-electron chi connectivity index (χ2n) is 4.05. The van der Waals surface area contributed by atoms with Crippen molar-refractivity contribution in [2.24, 2.45) is 5.73 Å². The quantitative estimate of drug-likeness (QED) is 0.814. The van der Waals surface area contributed by atoms with Crippen LogP contribution in [0.1, 0.15) is 18.4 Å². The van der Waals surface area contributed by atoms with Crippen LogP contribution in [0.25, 0.3) is 5.57 Å². The molecule has 1 aliphatic heterocycles. The molecule has 0 spiro atoms. The Hall–Kier alpha value is -1.28. The molecule has 0 aromatic heterocycles. The second-order valence-corrected chi connectivity index (χ2v) is 4.05. The van der Waals surface area contributed by atoms with Gasteiger partial charge in [-0.1, -0.05) is 18.7 Å². The number of hydrogen-bond donors (Lipinski definition) is 1. The number of rotatable bonds is 3. The normalized spacial score (nSPS) is 15.7. The molecule has 0 amide bonds. The lowest BCUT2D eigenvalue weighted by Crippen LogP contribution is -2.17. The van der Waals surface area contributed by atoms with Gasteiger partial charge >= 0.3 is 0 Å². The Kier molecular flexibility index (Phi) is 3.07. The second kappa shape index (κ2) is 4.49. The molecule has 0 unspecified atom stereocenters. The van der Waals surface area contributed by atoms with E-state index in [1.54, 1.807) is 0 Å². The van der Waals surface area contributed by atoms with Gasteiger partial charge in [-0.2, -0.15) is 0 Å². The van der Waals surface area contributed by atoms with Gasteiger partial charge in [-0.05, 0) is 36.1 Å². The standard InChI is InChI=1S/C13H18N2/c1-11(10-14)12-4-6-13(7-5-12)15-8-2-3-9-15/h4-7H,1-3,8-10,14H2. The molecule has 0 saturated carbocycles. The highest BCUT2D eigenvalue weighted by Gasteiger charge is 2.11. The third-order valence-electron chi connectivity index (χ3n) is 2.99. The summed E-state index contributed by atoms with van der Waals surface area (Å²) in [5.74, 6) is 0. The molecular formula is C13H18N2. The molecule has 1 aromatic rings. The first-order valence-corrected chi connectivity index (χ1v) is 5.54. The Bertz CT molecular complexity index is 334. The molecule has 1 aromatic carbocycles. The molecule has 1 saturated heterocycles. The molecule has 0 aliphatic carbocycles. The van der Waals surface area contributed by atoms with Gasteiger partial charge in [0.2, 0.25) is 0 Å². The van der Waals surface area contributed by atoms with Crippen LogP contribution >= 0.6 is 0 Å². The maximum atomic E-state index is 5.55. The summed E-state index contributed by atoms with van der Waals surface area (Å²) >= 11 is 0. The molecule has 0 atom stereocenters. The number of hydrogen-bond acceptors (Lipinski definition) is 2. The summed E-state index contributed by atoms with van der Waals surface area (Å²) in [6, 6.07) is 8.56. The summed E-state index contributed by atoms with van der Waals surface area (Å²) in [6.07, 6.45) is 2.63. The third kappa shape index (κ3) is 2.21. The Balaban J connectivity index is 2.12. The summed E-state index contributed by atoms with van der Waals surface area (Å²) in [6.45, 7) is 6.85. The van der Waals surface area contributed by atoms with E-state index >= 15 is 0 Å². The maximum Gasteiger partial charge on any atom is 0.0366 e. The zero-order chi connectivity index (χ0) is 10.7. The third-order valence-corrected chi connectivity index (χ3v) is 2.99. The summed E-state index contributed by atoms with van der Waals surface area (Å²) < 4.78 is 0. The Morgan fingerprint density at radius 1 is 1.20 bits per heavy atom. The lowest BCUT2D eigenvalue weighted by molar-refractivity contribution is 0.949. The van der Waals surface area contributed by atoms with Gasteiger partial charge in [0.1, 0.15) is 0 Å². The van der Waals surface area contributed by atoms with Crippen molar-refractivity contribution >= 4 is 11.3 Å². The van der Waals surface area contributed by atoms with E-state index in [4.69, 9.17) is 5.73 Å². The molecule has 0 bridgehead atoms. The van der Waals surface area contributed by atoms with Gasteiger partial charge in [0.15, 0.2) is 0 Å². The van der Waals surface area contributed by atoms with E-state index in [9.17, 15) is 0 Å². The van der Waals surface area contributed by atoms with Crippen LogP contribution in [0.15, 0.2) is 30.8 Å². The van der Waals surface area contributed by atoms with Gasteiger partial charge in [0.25, 0.3) is 0 Å². The van der Waals surface area contributed by atoms with E-state index in [1.165, 1.54) is 31.6 Å². The van der Waals surface area contributed by atoms with Crippen molar-refractivity contribution < 1.29 is 0 Å². The first-order chi connectivity index (χ1) is 7.31. The summed E-state index contributed by atoms with van der Waals surface area (Å²) in [5, 5.41) is 0. The largest absolute Gasteiger partial charge is 0.372 e. The van der Waals surface area contributed by atoms with Gasteiger partial charge in [-0.3, -0.25) is 0 Å². The van der Waals surface area contributed by atoms with Crippen molar-refractivity contribution in [2.75, 3.05) is 24.5 Å². The SMILES string of the molecule is C=C(CN)c1ccc(N2CCCC2)cc1. The minimum absolute atomic E-state index is 0.531. The predicted molar refractivity (Wildman–Crippen MR) is 66.0 cm³/mol. The van der Waals surface area contributed by atoms with Crippen LogP contribution in [-0.2, 0) is 0 Å². The van der Waals surface area contributed by atoms with Gasteiger partial charge in [0.05, 0.1) is 0 Å². The minimum Gasteiger partial charge on any atom is -0.372 e. The topological polar surface area (TPSA) is 29.3 Å². The molecule has 2 N–H and O–H groups in total. The highest BCUT2D eigenvalue weighted by Crippen LogP contribution is 2.22. The zero-order valence-corrected chi connectivity index (χ0v) is 9.08. The first kappa shape index (κ1) is 10.2. The van der Waals surface area contributed by atoms with Crippen molar-refractivity contribution in [2.45, 2.75) is 12.8 Å². The van der Waals surface area contributed by atoms with Gasteiger partial charge in [0, 0.05) is 25.3 Å². The number of anilines is 1. The zero-order valence-electron chi connectivity index (χ0n) is 9.08. The van der Waals surface area contributed by atoms with E-state index in [0.717, 1.165) is 11.1 Å². The monoisotopic (exact) mass is 202 g/mol. The fraction of sp³-hybridized carbons (Fsp3) is 0.385. The van der Waals surface area contributed by atoms with Crippen LogP contribution in [0, 0.1) is 0 Å². The van der Waals surface area contributed by atoms with Crippen molar-refractivity contribution in [1.29, 1.82) is 0 Å². The van der Waals surface area contributed by atoms with Gasteiger partial charge in [-0.25, -0.2) is 0 Å². The smallest absolute Gasteiger partial charge is 0.0366 e. The van der Waals surface area contributed by atoms with Crippen LogP contribution < -0.4 is 10.6 Å². The lowest BCUT2D eigenvalue weighted by atomic mass is 10.1. The number of nitrogens with zero attached hydrogens (tertiary/aromatic N) is 1. The molecule has 15 heavy (non-hydrogen) atoms. The fourth-order valence-electron chi connectivity index (χ4n) is 2.00. The predicted octanol–water partition coefficient (Wildman–Crippen LogP) is 2.26. The van der Waals surface area contributed by atoms with Crippen molar-refractivity contribution in [3.8, 4) is 0 Å². The Morgan fingerprint density at radius 2 is 1.80 bits per heavy atom. The van der Waals surface area contributed by atoms with E-state index in [2.05, 4.69) is 35.7 Å². The molecule has 80 valence electrons. The van der Waals surface area contributed by atoms with E-state index < -0.39 is 0 Å². The van der Waals surface area contributed by atoms with E-state index in [1.807, 2.05) is 0 Å². The molecule has 1 aliphatic rings. The van der Waals surface area contributed by atoms with Crippen LogP contribution in [0.2, 0.25) is 0 Å². The minimum atomic E-state index is 0.531. The molecule has 2 rings (SSSR count). The highest BCUT2D eigenvalue weighted by atomic mass is 15.1. The van der Waals surface area contributed by atoms with E-state index in [-0.39, 0.29) is 0 Å². The van der Waals surface area contributed by atoms with Crippen LogP contribution in [0.4, 0.5) is 5.69 Å². The molecule has 0 radical (unpaired) electrons. The van der Waals surface area contributed by atoms with Crippen molar-refractivity contribution in [3.63, 3.8) is 0 Å². The maximum absolute atomic E-state index is 5.55. The van der Waals surface area contributed by atoms with Gasteiger partial charge < -0.3 is 10.6 Å². The molecule has 2 nitrogen and oxygen atoms in total. The molecule has 1 fully saturated rings. The lowest BCUT2D eigenvalue weighted by Gasteiger charge is -2.17. The van der Waals surface area contributed by atoms with Gasteiger partial charge in [-0.15, -0.1) is 0 Å². The summed E-state index contributed by atoms with van der Waals surface area (Å²) in [4.78, 5) is 2.43. The van der Waals surface area contributed by atoms with E-state index in [0.29, 0.717) is 6.54 Å². The number of benzene rings is 1. The summed E-state index contributed by atoms with van der Waals surface area (Å²) in [7, 11) is 0. The first-order valence-electron chi connectivity index (χ1n) is 5.54. The van der Waals surface area contributed by atoms with Crippen LogP contribution in [0.5, 0.6) is 0 Å². The van der Waals surface area contributed by atoms with Crippen LogP contribution in [-0.4, -0.2) is 19.6 Å². The number of nitrogens with two attached hydrogens (primary N) is 1. The molecule has 1 heterocycles. The Labute approximate surface area is 91.4 Å². The van der Waals surface area contributed by atoms with Crippen LogP contribution in [0.3, 0.4) is 0 Å². The Morgan fingerprint density at radius 3 is 2.33 bits per heavy atom. The summed E-state index contributed by atoms with van der Waals surface area (Å²) in [5.41, 5.74) is 9.03. The van der Waals surface area contributed by atoms with Crippen molar-refractivity contribution in [3.05, 3.63) is 36.4 Å². The fourth-order valence-corrected chi connectivity index (χ4v) is 2.00.